The fourth-order valence-corrected chi connectivity index (χ4v) is 6.73. The Morgan fingerprint density at radius 3 is 2.14 bits per heavy atom. The fraction of sp³-hybridized carbons (Fsp3) is 0.231. The second-order valence-electron chi connectivity index (χ2n) is 7.64. The Labute approximate surface area is 175 Å². The standard InChI is InChI=1S/C26H28NOP/c1-21(25-16-8-9-17-26(25)28)19-27-18-10-11-22(27)20-29(23-12-4-2-5-13-23)24-14-6-3-7-15-24/h2-9,12-17,19,22,28H,10-11,18,20H2,1H3/b21-19+/t22-/m0/s1. The number of allylic oxidation sites excluding steroid dienone is 1. The van der Waals surface area contributed by atoms with Crippen molar-refractivity contribution in [3.63, 3.8) is 0 Å². The average Bonchev–Trinajstić information content (AvgIpc) is 3.20. The van der Waals surface area contributed by atoms with E-state index in [0.717, 1.165) is 23.8 Å². The lowest BCUT2D eigenvalue weighted by atomic mass is 10.1. The molecule has 3 aromatic rings. The minimum atomic E-state index is -0.394. The Morgan fingerprint density at radius 1 is 0.931 bits per heavy atom. The molecule has 1 atom stereocenters. The minimum absolute atomic E-state index is 0.354. The van der Waals surface area contributed by atoms with Crippen molar-refractivity contribution in [1.82, 2.24) is 4.90 Å². The van der Waals surface area contributed by atoms with Gasteiger partial charge in [0.25, 0.3) is 0 Å². The van der Waals surface area contributed by atoms with Crippen molar-refractivity contribution in [3.8, 4) is 5.75 Å². The summed E-state index contributed by atoms with van der Waals surface area (Å²) in [6.45, 7) is 3.18. The van der Waals surface area contributed by atoms with Gasteiger partial charge in [-0.05, 0) is 56.1 Å². The summed E-state index contributed by atoms with van der Waals surface area (Å²) in [5.74, 6) is 0.354. The predicted octanol–water partition coefficient (Wildman–Crippen LogP) is 5.35. The Balaban J connectivity index is 1.59. The lowest BCUT2D eigenvalue weighted by Gasteiger charge is -2.29. The largest absolute Gasteiger partial charge is 0.507 e. The molecule has 3 aromatic carbocycles. The number of hydrogen-bond acceptors (Lipinski definition) is 2. The van der Waals surface area contributed by atoms with Crippen molar-refractivity contribution in [1.29, 1.82) is 0 Å². The normalized spacial score (nSPS) is 17.1. The molecule has 1 fully saturated rings. The van der Waals surface area contributed by atoms with Crippen LogP contribution in [0, 0.1) is 0 Å². The van der Waals surface area contributed by atoms with Crippen LogP contribution in [-0.4, -0.2) is 28.8 Å². The summed E-state index contributed by atoms with van der Waals surface area (Å²) in [7, 11) is -0.394. The van der Waals surface area contributed by atoms with Crippen LogP contribution >= 0.6 is 7.92 Å². The Morgan fingerprint density at radius 2 is 1.52 bits per heavy atom. The molecule has 0 unspecified atom stereocenters. The molecule has 1 aliphatic rings. The maximum atomic E-state index is 10.2. The third-order valence-electron chi connectivity index (χ3n) is 5.64. The Bertz CT molecular complexity index is 915. The van der Waals surface area contributed by atoms with Crippen LogP contribution in [-0.2, 0) is 0 Å². The summed E-state index contributed by atoms with van der Waals surface area (Å²) < 4.78 is 0. The Kier molecular flexibility index (Phi) is 6.32. The van der Waals surface area contributed by atoms with Gasteiger partial charge >= 0.3 is 0 Å². The van der Waals surface area contributed by atoms with Crippen LogP contribution in [0.3, 0.4) is 0 Å². The number of likely N-dealkylation sites (tertiary alicyclic amines) is 1. The second-order valence-corrected chi connectivity index (χ2v) is 9.90. The highest BCUT2D eigenvalue weighted by atomic mass is 31.1. The molecule has 3 heteroatoms. The van der Waals surface area contributed by atoms with E-state index in [9.17, 15) is 5.11 Å². The van der Waals surface area contributed by atoms with Gasteiger partial charge in [-0.25, -0.2) is 0 Å². The number of rotatable bonds is 6. The van der Waals surface area contributed by atoms with Gasteiger partial charge in [-0.2, -0.15) is 0 Å². The van der Waals surface area contributed by atoms with Crippen LogP contribution in [0.25, 0.3) is 5.57 Å². The van der Waals surface area contributed by atoms with E-state index in [1.54, 1.807) is 6.07 Å². The number of aromatic hydroxyl groups is 1. The third kappa shape index (κ3) is 4.71. The number of phenolic OH excluding ortho intramolecular Hbond substituents is 1. The van der Waals surface area contributed by atoms with Crippen molar-refractivity contribution in [3.05, 3.63) is 96.7 Å². The van der Waals surface area contributed by atoms with Crippen molar-refractivity contribution < 1.29 is 5.11 Å². The van der Waals surface area contributed by atoms with Crippen molar-refractivity contribution in [2.45, 2.75) is 25.8 Å². The summed E-state index contributed by atoms with van der Waals surface area (Å²) in [4.78, 5) is 2.50. The minimum Gasteiger partial charge on any atom is -0.507 e. The molecule has 1 heterocycles. The molecular formula is C26H28NOP. The van der Waals surface area contributed by atoms with E-state index in [2.05, 4.69) is 78.7 Å². The Hall–Kier alpha value is -2.57. The summed E-state index contributed by atoms with van der Waals surface area (Å²) in [5.41, 5.74) is 2.05. The van der Waals surface area contributed by atoms with Crippen LogP contribution in [0.4, 0.5) is 0 Å². The van der Waals surface area contributed by atoms with Crippen molar-refractivity contribution in [2.24, 2.45) is 0 Å². The monoisotopic (exact) mass is 401 g/mol. The smallest absolute Gasteiger partial charge is 0.123 e. The number of nitrogens with zero attached hydrogens (tertiary/aromatic N) is 1. The number of para-hydroxylation sites is 1. The highest BCUT2D eigenvalue weighted by molar-refractivity contribution is 7.73. The van der Waals surface area contributed by atoms with Gasteiger partial charge in [-0.15, -0.1) is 0 Å². The van der Waals surface area contributed by atoms with Gasteiger partial charge in [0.2, 0.25) is 0 Å². The van der Waals surface area contributed by atoms with Gasteiger partial charge < -0.3 is 10.0 Å². The maximum Gasteiger partial charge on any atom is 0.123 e. The summed E-state index contributed by atoms with van der Waals surface area (Å²) in [6, 6.07) is 30.1. The topological polar surface area (TPSA) is 23.5 Å². The van der Waals surface area contributed by atoms with Gasteiger partial charge in [-0.1, -0.05) is 78.9 Å². The first-order valence-electron chi connectivity index (χ1n) is 10.3. The first-order valence-corrected chi connectivity index (χ1v) is 11.9. The SMILES string of the molecule is C/C(=C\N1CCC[C@H]1CP(c1ccccc1)c1ccccc1)c1ccccc1O. The van der Waals surface area contributed by atoms with E-state index < -0.39 is 7.92 Å². The second kappa shape index (κ2) is 9.29. The molecule has 148 valence electrons. The van der Waals surface area contributed by atoms with E-state index in [1.807, 2.05) is 18.2 Å². The van der Waals surface area contributed by atoms with Crippen LogP contribution < -0.4 is 10.6 Å². The zero-order chi connectivity index (χ0) is 20.1. The highest BCUT2D eigenvalue weighted by Gasteiger charge is 2.27. The molecule has 0 aromatic heterocycles. The van der Waals surface area contributed by atoms with Crippen LogP contribution in [0.5, 0.6) is 5.75 Å². The molecule has 4 rings (SSSR count). The van der Waals surface area contributed by atoms with Gasteiger partial charge in [0.15, 0.2) is 0 Å². The summed E-state index contributed by atoms with van der Waals surface area (Å²) >= 11 is 0. The van der Waals surface area contributed by atoms with Crippen molar-refractivity contribution >= 4 is 24.1 Å². The molecule has 2 nitrogen and oxygen atoms in total. The molecule has 1 aliphatic heterocycles. The summed E-state index contributed by atoms with van der Waals surface area (Å²) in [5, 5.41) is 13.1. The predicted molar refractivity (Wildman–Crippen MR) is 125 cm³/mol. The van der Waals surface area contributed by atoms with Crippen molar-refractivity contribution in [2.75, 3.05) is 12.7 Å². The number of phenols is 1. The van der Waals surface area contributed by atoms with Gasteiger partial charge in [0.1, 0.15) is 5.75 Å². The molecular weight excluding hydrogens is 373 g/mol. The van der Waals surface area contributed by atoms with E-state index >= 15 is 0 Å². The molecule has 0 radical (unpaired) electrons. The molecule has 0 spiro atoms. The molecule has 0 amide bonds. The first kappa shape index (κ1) is 19.7. The third-order valence-corrected chi connectivity index (χ3v) is 8.27. The fourth-order valence-electron chi connectivity index (χ4n) is 4.14. The quantitative estimate of drug-likeness (QED) is 0.563. The van der Waals surface area contributed by atoms with Crippen LogP contribution in [0.15, 0.2) is 91.1 Å². The molecule has 0 saturated carbocycles. The molecule has 1 N–H and O–H groups in total. The van der Waals surface area contributed by atoms with E-state index in [0.29, 0.717) is 11.8 Å². The highest BCUT2D eigenvalue weighted by Crippen LogP contribution is 2.38. The van der Waals surface area contributed by atoms with E-state index in [1.165, 1.54) is 23.5 Å². The first-order chi connectivity index (χ1) is 14.2. The lowest BCUT2D eigenvalue weighted by Crippen LogP contribution is -2.30. The lowest BCUT2D eigenvalue weighted by molar-refractivity contribution is 0.377. The molecule has 0 aliphatic carbocycles. The van der Waals surface area contributed by atoms with Crippen LogP contribution in [0.1, 0.15) is 25.3 Å². The van der Waals surface area contributed by atoms with E-state index in [-0.39, 0.29) is 0 Å². The zero-order valence-corrected chi connectivity index (χ0v) is 17.8. The molecule has 1 saturated heterocycles. The van der Waals surface area contributed by atoms with E-state index in [4.69, 9.17) is 0 Å². The van der Waals surface area contributed by atoms with Gasteiger partial charge in [0.05, 0.1) is 0 Å². The number of hydrogen-bond donors (Lipinski definition) is 1. The number of benzene rings is 3. The zero-order valence-electron chi connectivity index (χ0n) is 16.9. The van der Waals surface area contributed by atoms with Gasteiger partial charge in [-0.3, -0.25) is 0 Å². The van der Waals surface area contributed by atoms with Crippen LogP contribution in [0.2, 0.25) is 0 Å². The van der Waals surface area contributed by atoms with Gasteiger partial charge in [0, 0.05) is 24.4 Å². The summed E-state index contributed by atoms with van der Waals surface area (Å²) in [6.07, 6.45) is 5.87. The molecule has 0 bridgehead atoms. The average molecular weight is 401 g/mol. The maximum absolute atomic E-state index is 10.2. The molecule has 29 heavy (non-hydrogen) atoms.